The summed E-state index contributed by atoms with van der Waals surface area (Å²) in [5.41, 5.74) is 12.9. The lowest BCUT2D eigenvalue weighted by molar-refractivity contribution is 0.673. The van der Waals surface area contributed by atoms with Crippen molar-refractivity contribution in [1.29, 1.82) is 0 Å². The van der Waals surface area contributed by atoms with Gasteiger partial charge in [0.2, 0.25) is 0 Å². The minimum absolute atomic E-state index is 0.907. The normalized spacial score (nSPS) is 12.4. The van der Waals surface area contributed by atoms with E-state index in [0.717, 1.165) is 83.4 Å². The number of rotatable bonds is 3. The highest BCUT2D eigenvalue weighted by atomic mass is 16.3. The molecular formula is C40H24N4O. The molecule has 210 valence electrons. The number of benzene rings is 5. The molecule has 5 nitrogen and oxygen atoms in total. The van der Waals surface area contributed by atoms with Crippen LogP contribution in [0.3, 0.4) is 0 Å². The van der Waals surface area contributed by atoms with E-state index in [9.17, 15) is 0 Å². The lowest BCUT2D eigenvalue weighted by Crippen LogP contribution is -2.18. The number of nitrogens with zero attached hydrogens (tertiary/aromatic N) is 4. The Bertz CT molecular complexity index is 2540. The number of hydrogen-bond donors (Lipinski definition) is 0. The van der Waals surface area contributed by atoms with Gasteiger partial charge >= 0.3 is 0 Å². The van der Waals surface area contributed by atoms with Crippen molar-refractivity contribution < 1.29 is 4.42 Å². The lowest BCUT2D eigenvalue weighted by Gasteiger charge is -2.33. The smallest absolute Gasteiger partial charge is 0.145 e. The molecule has 0 radical (unpaired) electrons. The minimum atomic E-state index is 0.907. The molecule has 0 spiro atoms. The Labute approximate surface area is 258 Å². The van der Waals surface area contributed by atoms with Crippen LogP contribution in [0.5, 0.6) is 0 Å². The predicted molar refractivity (Wildman–Crippen MR) is 183 cm³/mol. The van der Waals surface area contributed by atoms with Crippen molar-refractivity contribution in [3.05, 3.63) is 146 Å². The first-order chi connectivity index (χ1) is 22.3. The molecule has 45 heavy (non-hydrogen) atoms. The van der Waals surface area contributed by atoms with Crippen molar-refractivity contribution >= 4 is 60.8 Å². The largest absolute Gasteiger partial charge is 0.455 e. The summed E-state index contributed by atoms with van der Waals surface area (Å²) in [5, 5.41) is 4.58. The summed E-state index contributed by atoms with van der Waals surface area (Å²) >= 11 is 0. The van der Waals surface area contributed by atoms with Crippen molar-refractivity contribution in [2.75, 3.05) is 4.90 Å². The predicted octanol–water partition coefficient (Wildman–Crippen LogP) is 10.6. The second-order valence-electron chi connectivity index (χ2n) is 11.5. The van der Waals surface area contributed by atoms with Crippen LogP contribution in [0.2, 0.25) is 0 Å². The fourth-order valence-electron chi connectivity index (χ4n) is 7.14. The van der Waals surface area contributed by atoms with E-state index >= 15 is 0 Å². The Balaban J connectivity index is 1.31. The summed E-state index contributed by atoms with van der Waals surface area (Å²) in [4.78, 5) is 11.3. The number of aromatic nitrogens is 3. The summed E-state index contributed by atoms with van der Waals surface area (Å²) < 4.78 is 8.99. The maximum atomic E-state index is 6.58. The van der Waals surface area contributed by atoms with Gasteiger partial charge in [-0.1, -0.05) is 54.6 Å². The lowest BCUT2D eigenvalue weighted by atomic mass is 9.98. The average molecular weight is 577 g/mol. The highest BCUT2D eigenvalue weighted by molar-refractivity contribution is 6.26. The SMILES string of the molecule is c1cncc(-c2cc(-c3cccnc3)cc(N3c4ccccc4-n4c5ccc6c7ccccc7oc6c5c5cccc3c54)c2)c1. The Kier molecular flexibility index (Phi) is 4.93. The average Bonchev–Trinajstić information content (AvgIpc) is 3.66. The van der Waals surface area contributed by atoms with E-state index in [1.54, 1.807) is 0 Å². The molecule has 0 atom stereocenters. The quantitative estimate of drug-likeness (QED) is 0.210. The zero-order valence-corrected chi connectivity index (χ0v) is 24.1. The second kappa shape index (κ2) is 9.15. The van der Waals surface area contributed by atoms with Crippen LogP contribution in [0, 0.1) is 0 Å². The number of hydrogen-bond acceptors (Lipinski definition) is 4. The van der Waals surface area contributed by atoms with Crippen LogP contribution in [-0.2, 0) is 0 Å². The van der Waals surface area contributed by atoms with Gasteiger partial charge in [-0.25, -0.2) is 0 Å². The van der Waals surface area contributed by atoms with E-state index < -0.39 is 0 Å². The van der Waals surface area contributed by atoms with Gasteiger partial charge in [-0.05, 0) is 77.9 Å². The summed E-state index contributed by atoms with van der Waals surface area (Å²) in [6.07, 6.45) is 7.48. The first-order valence-corrected chi connectivity index (χ1v) is 15.1. The van der Waals surface area contributed by atoms with Crippen LogP contribution in [-0.4, -0.2) is 14.5 Å². The van der Waals surface area contributed by atoms with E-state index in [4.69, 9.17) is 4.42 Å². The van der Waals surface area contributed by atoms with Crippen molar-refractivity contribution in [2.24, 2.45) is 0 Å². The Morgan fingerprint density at radius 1 is 0.511 bits per heavy atom. The van der Waals surface area contributed by atoms with Gasteiger partial charge in [0, 0.05) is 57.8 Å². The molecule has 0 unspecified atom stereocenters. The Hall–Kier alpha value is -6.20. The monoisotopic (exact) mass is 576 g/mol. The Morgan fingerprint density at radius 2 is 1.20 bits per heavy atom. The molecule has 5 aromatic carbocycles. The fourth-order valence-corrected chi connectivity index (χ4v) is 7.14. The molecule has 0 amide bonds. The molecule has 0 bridgehead atoms. The number of furan rings is 1. The van der Waals surface area contributed by atoms with E-state index in [1.165, 1.54) is 5.39 Å². The van der Waals surface area contributed by atoms with Gasteiger partial charge in [-0.2, -0.15) is 0 Å². The van der Waals surface area contributed by atoms with E-state index in [0.29, 0.717) is 0 Å². The molecule has 4 aromatic heterocycles. The van der Waals surface area contributed by atoms with E-state index in [2.05, 4.69) is 123 Å². The van der Waals surface area contributed by atoms with Gasteiger partial charge in [0.25, 0.3) is 0 Å². The number of pyridine rings is 2. The summed E-state index contributed by atoms with van der Waals surface area (Å²) in [6.45, 7) is 0. The molecule has 0 saturated carbocycles. The van der Waals surface area contributed by atoms with E-state index in [1.807, 2.05) is 43.0 Å². The highest BCUT2D eigenvalue weighted by Crippen LogP contribution is 2.51. The van der Waals surface area contributed by atoms with Gasteiger partial charge in [0.05, 0.1) is 33.5 Å². The first kappa shape index (κ1) is 24.3. The zero-order valence-electron chi connectivity index (χ0n) is 24.1. The van der Waals surface area contributed by atoms with Crippen molar-refractivity contribution in [3.63, 3.8) is 0 Å². The van der Waals surface area contributed by atoms with E-state index in [-0.39, 0.29) is 0 Å². The maximum Gasteiger partial charge on any atom is 0.145 e. The summed E-state index contributed by atoms with van der Waals surface area (Å²) in [5.74, 6) is 0. The first-order valence-electron chi connectivity index (χ1n) is 15.1. The van der Waals surface area contributed by atoms with Crippen LogP contribution < -0.4 is 4.90 Å². The molecule has 5 heterocycles. The Morgan fingerprint density at radius 3 is 1.96 bits per heavy atom. The van der Waals surface area contributed by atoms with Crippen molar-refractivity contribution in [3.8, 4) is 27.9 Å². The minimum Gasteiger partial charge on any atom is -0.455 e. The van der Waals surface area contributed by atoms with Gasteiger partial charge in [0.15, 0.2) is 0 Å². The van der Waals surface area contributed by atoms with Crippen molar-refractivity contribution in [2.45, 2.75) is 0 Å². The molecule has 10 rings (SSSR count). The molecule has 0 aliphatic carbocycles. The topological polar surface area (TPSA) is 47.1 Å². The van der Waals surface area contributed by atoms with Gasteiger partial charge in [-0.15, -0.1) is 0 Å². The third-order valence-corrected chi connectivity index (χ3v) is 9.04. The van der Waals surface area contributed by atoms with Crippen LogP contribution in [0.25, 0.3) is 71.7 Å². The highest BCUT2D eigenvalue weighted by Gasteiger charge is 2.30. The third kappa shape index (κ3) is 3.43. The number of para-hydroxylation sites is 4. The molecule has 0 fully saturated rings. The van der Waals surface area contributed by atoms with Gasteiger partial charge in [0.1, 0.15) is 11.2 Å². The van der Waals surface area contributed by atoms with Crippen LogP contribution in [0.1, 0.15) is 0 Å². The fraction of sp³-hybridized carbons (Fsp3) is 0. The van der Waals surface area contributed by atoms with Crippen LogP contribution >= 0.6 is 0 Å². The van der Waals surface area contributed by atoms with Gasteiger partial charge < -0.3 is 13.9 Å². The maximum absolute atomic E-state index is 6.58. The summed E-state index contributed by atoms with van der Waals surface area (Å²) in [7, 11) is 0. The molecule has 0 saturated heterocycles. The standard InChI is InChI=1S/C40H24N4O/c1-4-15-37-30(10-1)31-16-17-35-38(40(31)45-37)32-11-5-14-36-39(32)44(35)34-13-3-2-12-33(34)43(36)29-21-27(25-8-6-18-41-23-25)20-28(22-29)26-9-7-19-42-24-26/h1-24H. The molecule has 9 aromatic rings. The molecule has 1 aliphatic rings. The van der Waals surface area contributed by atoms with Crippen LogP contribution in [0.4, 0.5) is 17.1 Å². The van der Waals surface area contributed by atoms with Crippen LogP contribution in [0.15, 0.2) is 151 Å². The molecular weight excluding hydrogens is 552 g/mol. The van der Waals surface area contributed by atoms with Crippen molar-refractivity contribution in [1.82, 2.24) is 14.5 Å². The molecule has 1 aliphatic heterocycles. The zero-order chi connectivity index (χ0) is 29.5. The summed E-state index contributed by atoms with van der Waals surface area (Å²) in [6, 6.07) is 43.0. The number of anilines is 3. The molecule has 0 N–H and O–H groups in total. The third-order valence-electron chi connectivity index (χ3n) is 9.04. The molecule has 5 heteroatoms. The number of fused-ring (bicyclic) bond motifs is 9. The van der Waals surface area contributed by atoms with Gasteiger partial charge in [-0.3, -0.25) is 9.97 Å². The second-order valence-corrected chi connectivity index (χ2v) is 11.5.